The van der Waals surface area contributed by atoms with Gasteiger partial charge in [0.1, 0.15) is 0 Å². The summed E-state index contributed by atoms with van der Waals surface area (Å²) in [6, 6.07) is 4.35. The Balaban J connectivity index is 2.04. The van der Waals surface area contributed by atoms with E-state index in [1.807, 2.05) is 18.4 Å². The van der Waals surface area contributed by atoms with Gasteiger partial charge in [-0.05, 0) is 31.3 Å². The van der Waals surface area contributed by atoms with Crippen LogP contribution in [0.15, 0.2) is 17.5 Å². The van der Waals surface area contributed by atoms with Crippen molar-refractivity contribution in [3.8, 4) is 0 Å². The summed E-state index contributed by atoms with van der Waals surface area (Å²) in [6.45, 7) is 2.89. The monoisotopic (exact) mass is 211 g/mol. The van der Waals surface area contributed by atoms with Crippen molar-refractivity contribution in [2.24, 2.45) is 5.41 Å². The molecular weight excluding hydrogens is 194 g/mol. The second-order valence-corrected chi connectivity index (χ2v) is 5.12. The number of hydrogen-bond acceptors (Lipinski definition) is 3. The maximum absolute atomic E-state index is 5.53. The van der Waals surface area contributed by atoms with E-state index in [9.17, 15) is 0 Å². The molecule has 78 valence electrons. The lowest BCUT2D eigenvalue weighted by Gasteiger charge is -2.26. The first-order chi connectivity index (χ1) is 6.85. The highest BCUT2D eigenvalue weighted by atomic mass is 32.1. The van der Waals surface area contributed by atoms with Gasteiger partial charge in [-0.1, -0.05) is 6.07 Å². The summed E-state index contributed by atoms with van der Waals surface area (Å²) in [5.41, 5.74) is 0.347. The summed E-state index contributed by atoms with van der Waals surface area (Å²) in [5, 5.41) is 5.44. The van der Waals surface area contributed by atoms with E-state index < -0.39 is 0 Å². The first kappa shape index (κ1) is 10.1. The van der Waals surface area contributed by atoms with Crippen molar-refractivity contribution >= 4 is 11.3 Å². The van der Waals surface area contributed by atoms with E-state index in [0.717, 1.165) is 26.2 Å². The Kier molecular flexibility index (Phi) is 3.21. The molecule has 1 aliphatic rings. The minimum absolute atomic E-state index is 0.347. The molecular formula is C11H17NOS. The van der Waals surface area contributed by atoms with E-state index in [2.05, 4.69) is 22.8 Å². The standard InChI is InChI=1S/C11H17NOS/c1-12-8-11(4-5-13-9-11)7-10-3-2-6-14-10/h2-3,6,12H,4-5,7-9H2,1H3. The Morgan fingerprint density at radius 1 is 1.64 bits per heavy atom. The normalized spacial score (nSPS) is 26.9. The second kappa shape index (κ2) is 4.43. The Labute approximate surface area is 89.3 Å². The van der Waals surface area contributed by atoms with Gasteiger partial charge in [-0.25, -0.2) is 0 Å². The molecule has 0 aromatic carbocycles. The number of ether oxygens (including phenoxy) is 1. The fourth-order valence-electron chi connectivity index (χ4n) is 2.15. The number of rotatable bonds is 4. The van der Waals surface area contributed by atoms with E-state index >= 15 is 0 Å². The molecule has 0 saturated carbocycles. The molecule has 1 aromatic rings. The van der Waals surface area contributed by atoms with E-state index in [1.54, 1.807) is 0 Å². The van der Waals surface area contributed by atoms with Crippen molar-refractivity contribution in [1.29, 1.82) is 0 Å². The lowest BCUT2D eigenvalue weighted by Crippen LogP contribution is -2.34. The third kappa shape index (κ3) is 2.16. The van der Waals surface area contributed by atoms with Crippen LogP contribution in [-0.2, 0) is 11.2 Å². The van der Waals surface area contributed by atoms with Crippen LogP contribution in [0.5, 0.6) is 0 Å². The number of nitrogens with one attached hydrogen (secondary N) is 1. The van der Waals surface area contributed by atoms with Crippen LogP contribution in [-0.4, -0.2) is 26.8 Å². The molecule has 2 rings (SSSR count). The fourth-order valence-corrected chi connectivity index (χ4v) is 3.03. The van der Waals surface area contributed by atoms with Gasteiger partial charge in [-0.15, -0.1) is 11.3 Å². The minimum Gasteiger partial charge on any atom is -0.381 e. The summed E-state index contributed by atoms with van der Waals surface area (Å²) in [7, 11) is 2.02. The van der Waals surface area contributed by atoms with Crippen molar-refractivity contribution in [2.45, 2.75) is 12.8 Å². The summed E-state index contributed by atoms with van der Waals surface area (Å²) in [5.74, 6) is 0. The van der Waals surface area contributed by atoms with E-state index in [1.165, 1.54) is 11.3 Å². The van der Waals surface area contributed by atoms with Crippen molar-refractivity contribution in [1.82, 2.24) is 5.32 Å². The molecule has 1 aromatic heterocycles. The molecule has 0 bridgehead atoms. The van der Waals surface area contributed by atoms with Gasteiger partial charge in [0.15, 0.2) is 0 Å². The lowest BCUT2D eigenvalue weighted by molar-refractivity contribution is 0.151. The zero-order valence-electron chi connectivity index (χ0n) is 8.58. The van der Waals surface area contributed by atoms with Gasteiger partial charge in [0.2, 0.25) is 0 Å². The Morgan fingerprint density at radius 2 is 2.57 bits per heavy atom. The Morgan fingerprint density at radius 3 is 3.14 bits per heavy atom. The van der Waals surface area contributed by atoms with E-state index in [4.69, 9.17) is 4.74 Å². The molecule has 2 nitrogen and oxygen atoms in total. The maximum atomic E-state index is 5.53. The van der Waals surface area contributed by atoms with Crippen LogP contribution >= 0.6 is 11.3 Å². The minimum atomic E-state index is 0.347. The quantitative estimate of drug-likeness (QED) is 0.821. The van der Waals surface area contributed by atoms with Crippen LogP contribution in [0.1, 0.15) is 11.3 Å². The van der Waals surface area contributed by atoms with Crippen LogP contribution in [0, 0.1) is 5.41 Å². The Bertz CT molecular complexity index is 265. The van der Waals surface area contributed by atoms with Crippen molar-refractivity contribution in [2.75, 3.05) is 26.8 Å². The maximum Gasteiger partial charge on any atom is 0.0538 e. The van der Waals surface area contributed by atoms with Crippen molar-refractivity contribution < 1.29 is 4.74 Å². The lowest BCUT2D eigenvalue weighted by atomic mass is 9.83. The first-order valence-electron chi connectivity index (χ1n) is 5.09. The van der Waals surface area contributed by atoms with Gasteiger partial charge in [0.05, 0.1) is 6.61 Å². The van der Waals surface area contributed by atoms with Gasteiger partial charge in [-0.2, -0.15) is 0 Å². The molecule has 1 N–H and O–H groups in total. The van der Waals surface area contributed by atoms with Gasteiger partial charge in [0, 0.05) is 23.4 Å². The predicted molar refractivity (Wildman–Crippen MR) is 59.8 cm³/mol. The van der Waals surface area contributed by atoms with Gasteiger partial charge in [0.25, 0.3) is 0 Å². The molecule has 2 heterocycles. The van der Waals surface area contributed by atoms with Gasteiger partial charge in [-0.3, -0.25) is 0 Å². The smallest absolute Gasteiger partial charge is 0.0538 e. The SMILES string of the molecule is CNCC1(Cc2cccs2)CCOC1. The topological polar surface area (TPSA) is 21.3 Å². The molecule has 1 aliphatic heterocycles. The first-order valence-corrected chi connectivity index (χ1v) is 5.97. The van der Waals surface area contributed by atoms with Crippen molar-refractivity contribution in [3.63, 3.8) is 0 Å². The largest absolute Gasteiger partial charge is 0.381 e. The Hall–Kier alpha value is -0.380. The summed E-state index contributed by atoms with van der Waals surface area (Å²) in [6.07, 6.45) is 2.34. The number of thiophene rings is 1. The van der Waals surface area contributed by atoms with Crippen molar-refractivity contribution in [3.05, 3.63) is 22.4 Å². The highest BCUT2D eigenvalue weighted by Gasteiger charge is 2.34. The summed E-state index contributed by atoms with van der Waals surface area (Å²) >= 11 is 1.85. The number of hydrogen-bond donors (Lipinski definition) is 1. The van der Waals surface area contributed by atoms with Crippen LogP contribution in [0.3, 0.4) is 0 Å². The molecule has 0 amide bonds. The molecule has 1 fully saturated rings. The van der Waals surface area contributed by atoms with Gasteiger partial charge >= 0.3 is 0 Å². The average molecular weight is 211 g/mol. The second-order valence-electron chi connectivity index (χ2n) is 4.09. The van der Waals surface area contributed by atoms with Crippen LogP contribution in [0.4, 0.5) is 0 Å². The third-order valence-electron chi connectivity index (χ3n) is 2.87. The highest BCUT2D eigenvalue weighted by molar-refractivity contribution is 7.09. The zero-order valence-corrected chi connectivity index (χ0v) is 9.40. The average Bonchev–Trinajstić information content (AvgIpc) is 2.78. The van der Waals surface area contributed by atoms with Crippen LogP contribution in [0.2, 0.25) is 0 Å². The molecule has 0 radical (unpaired) electrons. The molecule has 1 unspecified atom stereocenters. The molecule has 14 heavy (non-hydrogen) atoms. The molecule has 1 atom stereocenters. The van der Waals surface area contributed by atoms with Crippen LogP contribution in [0.25, 0.3) is 0 Å². The zero-order chi connectivity index (χ0) is 9.86. The summed E-state index contributed by atoms with van der Waals surface area (Å²) < 4.78 is 5.53. The molecule has 0 spiro atoms. The van der Waals surface area contributed by atoms with Crippen LogP contribution < -0.4 is 5.32 Å². The fraction of sp³-hybridized carbons (Fsp3) is 0.636. The molecule has 1 saturated heterocycles. The summed E-state index contributed by atoms with van der Waals surface area (Å²) in [4.78, 5) is 1.48. The predicted octanol–water partition coefficient (Wildman–Crippen LogP) is 1.92. The highest BCUT2D eigenvalue weighted by Crippen LogP contribution is 2.33. The van der Waals surface area contributed by atoms with E-state index in [0.29, 0.717) is 5.41 Å². The van der Waals surface area contributed by atoms with E-state index in [-0.39, 0.29) is 0 Å². The molecule has 3 heteroatoms. The third-order valence-corrected chi connectivity index (χ3v) is 3.74. The van der Waals surface area contributed by atoms with Gasteiger partial charge < -0.3 is 10.1 Å². The molecule has 0 aliphatic carbocycles.